The zero-order valence-corrected chi connectivity index (χ0v) is 13.7. The van der Waals surface area contributed by atoms with Crippen LogP contribution in [0.25, 0.3) is 0 Å². The van der Waals surface area contributed by atoms with Crippen molar-refractivity contribution in [3.8, 4) is 0 Å². The molecule has 0 amide bonds. The monoisotopic (exact) mass is 342 g/mol. The van der Waals surface area contributed by atoms with Crippen LogP contribution >= 0.6 is 15.9 Å². The third-order valence-electron chi connectivity index (χ3n) is 4.45. The first-order chi connectivity index (χ1) is 9.67. The summed E-state index contributed by atoms with van der Waals surface area (Å²) < 4.78 is 14.2. The lowest BCUT2D eigenvalue weighted by Crippen LogP contribution is -2.44. The van der Waals surface area contributed by atoms with Crippen LogP contribution in [0.2, 0.25) is 0 Å². The van der Waals surface area contributed by atoms with Crippen molar-refractivity contribution in [3.63, 3.8) is 0 Å². The number of rotatable bonds is 5. The van der Waals surface area contributed by atoms with Gasteiger partial charge in [0.1, 0.15) is 5.82 Å². The third-order valence-corrected chi connectivity index (χ3v) is 5.34. The minimum atomic E-state index is -0.183. The SMILES string of the molecule is CCN(Cc1cccc(F)c1Br)C1CCCCC1CN. The molecule has 2 atom stereocenters. The maximum absolute atomic E-state index is 13.6. The highest BCUT2D eigenvalue weighted by Crippen LogP contribution is 2.30. The molecule has 0 saturated heterocycles. The molecule has 0 radical (unpaired) electrons. The Morgan fingerprint density at radius 3 is 2.80 bits per heavy atom. The van der Waals surface area contributed by atoms with Crippen molar-refractivity contribution in [1.29, 1.82) is 0 Å². The summed E-state index contributed by atoms with van der Waals surface area (Å²) in [5.74, 6) is 0.397. The number of halogens is 2. The summed E-state index contributed by atoms with van der Waals surface area (Å²) in [6.07, 6.45) is 5.01. The highest BCUT2D eigenvalue weighted by molar-refractivity contribution is 9.10. The normalized spacial score (nSPS) is 23.2. The van der Waals surface area contributed by atoms with Gasteiger partial charge in [0.05, 0.1) is 4.47 Å². The Morgan fingerprint density at radius 1 is 1.35 bits per heavy atom. The molecule has 1 fully saturated rings. The van der Waals surface area contributed by atoms with Crippen molar-refractivity contribution in [2.45, 2.75) is 45.2 Å². The van der Waals surface area contributed by atoms with Crippen LogP contribution in [0.3, 0.4) is 0 Å². The molecule has 4 heteroatoms. The molecule has 2 unspecified atom stereocenters. The third kappa shape index (κ3) is 3.60. The van der Waals surface area contributed by atoms with E-state index in [-0.39, 0.29) is 5.82 Å². The summed E-state index contributed by atoms with van der Waals surface area (Å²) in [6.45, 7) is 4.70. The molecule has 2 N–H and O–H groups in total. The fraction of sp³-hybridized carbons (Fsp3) is 0.625. The Hall–Kier alpha value is -0.450. The van der Waals surface area contributed by atoms with Gasteiger partial charge in [-0.25, -0.2) is 4.39 Å². The zero-order valence-electron chi connectivity index (χ0n) is 12.1. The van der Waals surface area contributed by atoms with Gasteiger partial charge in [0.25, 0.3) is 0 Å². The Labute approximate surface area is 129 Å². The van der Waals surface area contributed by atoms with Gasteiger partial charge < -0.3 is 5.73 Å². The van der Waals surface area contributed by atoms with E-state index >= 15 is 0 Å². The van der Waals surface area contributed by atoms with E-state index in [0.717, 1.165) is 25.2 Å². The number of benzene rings is 1. The predicted octanol–water partition coefficient (Wildman–Crippen LogP) is 3.93. The second kappa shape index (κ2) is 7.53. The topological polar surface area (TPSA) is 29.3 Å². The van der Waals surface area contributed by atoms with Gasteiger partial charge in [-0.15, -0.1) is 0 Å². The highest BCUT2D eigenvalue weighted by Gasteiger charge is 2.28. The Morgan fingerprint density at radius 2 is 2.10 bits per heavy atom. The fourth-order valence-electron chi connectivity index (χ4n) is 3.30. The number of hydrogen-bond acceptors (Lipinski definition) is 2. The zero-order chi connectivity index (χ0) is 14.5. The summed E-state index contributed by atoms with van der Waals surface area (Å²) in [5, 5.41) is 0. The molecule has 1 aliphatic carbocycles. The first-order valence-corrected chi connectivity index (χ1v) is 8.33. The first-order valence-electron chi connectivity index (χ1n) is 7.54. The summed E-state index contributed by atoms with van der Waals surface area (Å²) in [4.78, 5) is 2.45. The number of nitrogens with zero attached hydrogens (tertiary/aromatic N) is 1. The van der Waals surface area contributed by atoms with E-state index in [4.69, 9.17) is 5.73 Å². The Balaban J connectivity index is 2.13. The van der Waals surface area contributed by atoms with Crippen LogP contribution in [0.15, 0.2) is 22.7 Å². The maximum Gasteiger partial charge on any atom is 0.137 e. The molecule has 112 valence electrons. The van der Waals surface area contributed by atoms with Gasteiger partial charge in [-0.2, -0.15) is 0 Å². The second-order valence-corrected chi connectivity index (χ2v) is 6.42. The molecule has 2 nitrogen and oxygen atoms in total. The van der Waals surface area contributed by atoms with Crippen LogP contribution in [-0.2, 0) is 6.54 Å². The summed E-state index contributed by atoms with van der Waals surface area (Å²) in [5.41, 5.74) is 6.96. The molecule has 1 saturated carbocycles. The van der Waals surface area contributed by atoms with Crippen LogP contribution in [0.4, 0.5) is 4.39 Å². The van der Waals surface area contributed by atoms with Crippen molar-refractivity contribution in [2.75, 3.05) is 13.1 Å². The molecule has 0 aliphatic heterocycles. The van der Waals surface area contributed by atoms with Crippen molar-refractivity contribution in [2.24, 2.45) is 11.7 Å². The molecule has 2 rings (SSSR count). The average Bonchev–Trinajstić information content (AvgIpc) is 2.49. The van der Waals surface area contributed by atoms with E-state index < -0.39 is 0 Å². The predicted molar refractivity (Wildman–Crippen MR) is 85.0 cm³/mol. The minimum Gasteiger partial charge on any atom is -0.330 e. The molecule has 0 aromatic heterocycles. The summed E-state index contributed by atoms with van der Waals surface area (Å²) in [7, 11) is 0. The van der Waals surface area contributed by atoms with Crippen LogP contribution in [-0.4, -0.2) is 24.0 Å². The van der Waals surface area contributed by atoms with E-state index in [1.165, 1.54) is 31.7 Å². The van der Waals surface area contributed by atoms with Crippen molar-refractivity contribution >= 4 is 15.9 Å². The fourth-order valence-corrected chi connectivity index (χ4v) is 3.69. The van der Waals surface area contributed by atoms with Gasteiger partial charge in [0.2, 0.25) is 0 Å². The number of nitrogens with two attached hydrogens (primary N) is 1. The van der Waals surface area contributed by atoms with E-state index in [1.807, 2.05) is 6.07 Å². The van der Waals surface area contributed by atoms with Crippen molar-refractivity contribution in [3.05, 3.63) is 34.1 Å². The Bertz CT molecular complexity index is 438. The Kier molecular flexibility index (Phi) is 6.00. The molecular formula is C16H24BrFN2. The standard InChI is InChI=1S/C16H24BrFN2/c1-2-20(15-9-4-3-6-12(15)10-19)11-13-7-5-8-14(18)16(13)17/h5,7-8,12,15H,2-4,6,9-11,19H2,1H3. The molecule has 1 aromatic carbocycles. The molecule has 1 aliphatic rings. The molecule has 20 heavy (non-hydrogen) atoms. The lowest BCUT2D eigenvalue weighted by atomic mass is 9.83. The largest absolute Gasteiger partial charge is 0.330 e. The minimum absolute atomic E-state index is 0.183. The molecule has 0 spiro atoms. The van der Waals surface area contributed by atoms with Gasteiger partial charge in [-0.3, -0.25) is 4.90 Å². The van der Waals surface area contributed by atoms with Gasteiger partial charge in [-0.1, -0.05) is 31.9 Å². The van der Waals surface area contributed by atoms with Gasteiger partial charge in [0, 0.05) is 12.6 Å². The van der Waals surface area contributed by atoms with Crippen LogP contribution in [0, 0.1) is 11.7 Å². The van der Waals surface area contributed by atoms with Crippen LogP contribution in [0.5, 0.6) is 0 Å². The van der Waals surface area contributed by atoms with Gasteiger partial charge >= 0.3 is 0 Å². The quantitative estimate of drug-likeness (QED) is 0.878. The second-order valence-electron chi connectivity index (χ2n) is 5.62. The van der Waals surface area contributed by atoms with Gasteiger partial charge in [0.15, 0.2) is 0 Å². The van der Waals surface area contributed by atoms with E-state index in [9.17, 15) is 4.39 Å². The highest BCUT2D eigenvalue weighted by atomic mass is 79.9. The summed E-state index contributed by atoms with van der Waals surface area (Å²) in [6, 6.07) is 5.81. The van der Waals surface area contributed by atoms with Gasteiger partial charge in [-0.05, 0) is 59.4 Å². The van der Waals surface area contributed by atoms with Crippen LogP contribution < -0.4 is 5.73 Å². The van der Waals surface area contributed by atoms with Crippen molar-refractivity contribution < 1.29 is 4.39 Å². The number of hydrogen-bond donors (Lipinski definition) is 1. The average molecular weight is 343 g/mol. The smallest absolute Gasteiger partial charge is 0.137 e. The van der Waals surface area contributed by atoms with E-state index in [1.54, 1.807) is 6.07 Å². The lowest BCUT2D eigenvalue weighted by molar-refractivity contribution is 0.105. The molecule has 0 heterocycles. The summed E-state index contributed by atoms with van der Waals surface area (Å²) >= 11 is 3.37. The van der Waals surface area contributed by atoms with Crippen LogP contribution in [0.1, 0.15) is 38.2 Å². The van der Waals surface area contributed by atoms with E-state index in [2.05, 4.69) is 27.8 Å². The lowest BCUT2D eigenvalue weighted by Gasteiger charge is -2.39. The molecule has 0 bridgehead atoms. The molecular weight excluding hydrogens is 319 g/mol. The van der Waals surface area contributed by atoms with E-state index in [0.29, 0.717) is 16.4 Å². The van der Waals surface area contributed by atoms with Crippen molar-refractivity contribution in [1.82, 2.24) is 4.90 Å². The molecule has 1 aromatic rings. The maximum atomic E-state index is 13.6. The first kappa shape index (κ1) is 15.9.